The first-order valence-electron chi connectivity index (χ1n) is 4.60. The Morgan fingerprint density at radius 3 is 2.93 bits per heavy atom. The van der Waals surface area contributed by atoms with E-state index in [1.54, 1.807) is 0 Å². The number of hydrogen-bond donors (Lipinski definition) is 2. The zero-order valence-electron chi connectivity index (χ0n) is 8.12. The molecule has 6 heteroatoms. The van der Waals surface area contributed by atoms with Crippen LogP contribution in [0.25, 0.3) is 0 Å². The molecule has 0 amide bonds. The lowest BCUT2D eigenvalue weighted by atomic mass is 10.4. The Hall–Kier alpha value is -1.17. The second kappa shape index (κ2) is 6.31. The van der Waals surface area contributed by atoms with E-state index in [9.17, 15) is 0 Å². The molecule has 0 bridgehead atoms. The summed E-state index contributed by atoms with van der Waals surface area (Å²) in [4.78, 5) is 3.89. The van der Waals surface area contributed by atoms with Crippen LogP contribution in [0, 0.1) is 0 Å². The number of thiocarbonyl (C=S) groups is 1. The Kier molecular flexibility index (Phi) is 4.92. The van der Waals surface area contributed by atoms with Crippen molar-refractivity contribution in [2.24, 2.45) is 0 Å². The molecule has 0 aliphatic heterocycles. The molecule has 0 spiro atoms. The SMILES string of the molecule is CCCNC(=S)NCCc1ncon1. The number of aromatic nitrogens is 2. The highest BCUT2D eigenvalue weighted by atomic mass is 32.1. The summed E-state index contributed by atoms with van der Waals surface area (Å²) in [6.07, 6.45) is 3.10. The maximum atomic E-state index is 5.03. The molecule has 1 heterocycles. The van der Waals surface area contributed by atoms with Gasteiger partial charge in [-0.3, -0.25) is 0 Å². The molecular weight excluding hydrogens is 200 g/mol. The highest BCUT2D eigenvalue weighted by Gasteiger charge is 1.98. The van der Waals surface area contributed by atoms with Crippen LogP contribution in [0.2, 0.25) is 0 Å². The molecule has 1 aromatic heterocycles. The van der Waals surface area contributed by atoms with Gasteiger partial charge in [0.15, 0.2) is 10.9 Å². The standard InChI is InChI=1S/C8H14N4OS/c1-2-4-9-8(14)10-5-3-7-11-6-13-12-7/h6H,2-5H2,1H3,(H2,9,10,14). The van der Waals surface area contributed by atoms with Gasteiger partial charge < -0.3 is 15.2 Å². The highest BCUT2D eigenvalue weighted by molar-refractivity contribution is 7.80. The second-order valence-corrected chi connectivity index (χ2v) is 3.19. The summed E-state index contributed by atoms with van der Waals surface area (Å²) in [6.45, 7) is 3.71. The summed E-state index contributed by atoms with van der Waals surface area (Å²) < 4.78 is 4.60. The first-order chi connectivity index (χ1) is 6.83. The van der Waals surface area contributed by atoms with Crippen LogP contribution in [0.3, 0.4) is 0 Å². The van der Waals surface area contributed by atoms with Gasteiger partial charge in [-0.05, 0) is 18.6 Å². The Bertz CT molecular complexity index is 262. The van der Waals surface area contributed by atoms with E-state index in [2.05, 4.69) is 32.2 Å². The van der Waals surface area contributed by atoms with Crippen molar-refractivity contribution in [2.75, 3.05) is 13.1 Å². The van der Waals surface area contributed by atoms with E-state index >= 15 is 0 Å². The number of hydrogen-bond acceptors (Lipinski definition) is 4. The molecule has 1 rings (SSSR count). The molecule has 0 aliphatic rings. The summed E-state index contributed by atoms with van der Waals surface area (Å²) in [5, 5.41) is 10.5. The third-order valence-electron chi connectivity index (χ3n) is 1.58. The average Bonchev–Trinajstić information content (AvgIpc) is 2.67. The van der Waals surface area contributed by atoms with Gasteiger partial charge in [0.2, 0.25) is 6.39 Å². The van der Waals surface area contributed by atoms with Gasteiger partial charge in [0.05, 0.1) is 0 Å². The van der Waals surface area contributed by atoms with Gasteiger partial charge in [-0.15, -0.1) is 0 Å². The Labute approximate surface area is 88.3 Å². The van der Waals surface area contributed by atoms with E-state index in [1.165, 1.54) is 6.39 Å². The monoisotopic (exact) mass is 214 g/mol. The van der Waals surface area contributed by atoms with Crippen molar-refractivity contribution < 1.29 is 4.52 Å². The molecule has 2 N–H and O–H groups in total. The summed E-state index contributed by atoms with van der Waals surface area (Å²) in [6, 6.07) is 0. The van der Waals surface area contributed by atoms with Crippen LogP contribution in [0.5, 0.6) is 0 Å². The van der Waals surface area contributed by atoms with E-state index in [1.807, 2.05) is 0 Å². The lowest BCUT2D eigenvalue weighted by molar-refractivity contribution is 0.410. The minimum Gasteiger partial charge on any atom is -0.363 e. The fourth-order valence-corrected chi connectivity index (χ4v) is 1.10. The molecule has 0 fully saturated rings. The van der Waals surface area contributed by atoms with E-state index in [0.29, 0.717) is 17.4 Å². The van der Waals surface area contributed by atoms with E-state index in [4.69, 9.17) is 12.2 Å². The molecule has 0 unspecified atom stereocenters. The summed E-state index contributed by atoms with van der Waals surface area (Å²) in [5.74, 6) is 0.691. The van der Waals surface area contributed by atoms with Crippen molar-refractivity contribution in [1.82, 2.24) is 20.8 Å². The maximum absolute atomic E-state index is 5.03. The molecule has 0 radical (unpaired) electrons. The van der Waals surface area contributed by atoms with E-state index in [0.717, 1.165) is 19.5 Å². The fraction of sp³-hybridized carbons (Fsp3) is 0.625. The molecule has 0 atom stereocenters. The zero-order valence-corrected chi connectivity index (χ0v) is 8.93. The van der Waals surface area contributed by atoms with Crippen LogP contribution in [0.1, 0.15) is 19.2 Å². The summed E-state index contributed by atoms with van der Waals surface area (Å²) >= 11 is 5.03. The van der Waals surface area contributed by atoms with Crippen molar-refractivity contribution in [3.63, 3.8) is 0 Å². The smallest absolute Gasteiger partial charge is 0.213 e. The van der Waals surface area contributed by atoms with Crippen LogP contribution in [-0.2, 0) is 6.42 Å². The maximum Gasteiger partial charge on any atom is 0.213 e. The fourth-order valence-electron chi connectivity index (χ4n) is 0.891. The molecule has 14 heavy (non-hydrogen) atoms. The first kappa shape index (κ1) is 10.9. The van der Waals surface area contributed by atoms with Gasteiger partial charge in [-0.25, -0.2) is 0 Å². The Morgan fingerprint density at radius 2 is 2.29 bits per heavy atom. The molecule has 0 aliphatic carbocycles. The van der Waals surface area contributed by atoms with Gasteiger partial charge in [-0.2, -0.15) is 4.98 Å². The van der Waals surface area contributed by atoms with E-state index < -0.39 is 0 Å². The lowest BCUT2D eigenvalue weighted by Crippen LogP contribution is -2.36. The molecule has 0 saturated heterocycles. The van der Waals surface area contributed by atoms with Gasteiger partial charge in [0.1, 0.15) is 0 Å². The van der Waals surface area contributed by atoms with Crippen molar-refractivity contribution in [2.45, 2.75) is 19.8 Å². The zero-order chi connectivity index (χ0) is 10.2. The van der Waals surface area contributed by atoms with E-state index in [-0.39, 0.29) is 0 Å². The molecule has 0 aromatic carbocycles. The molecule has 78 valence electrons. The van der Waals surface area contributed by atoms with Crippen LogP contribution < -0.4 is 10.6 Å². The second-order valence-electron chi connectivity index (χ2n) is 2.78. The quantitative estimate of drug-likeness (QED) is 0.695. The molecular formula is C8H14N4OS. The van der Waals surface area contributed by atoms with Crippen LogP contribution >= 0.6 is 12.2 Å². The predicted octanol–water partition coefficient (Wildman–Crippen LogP) is 0.486. The number of nitrogens with one attached hydrogen (secondary N) is 2. The lowest BCUT2D eigenvalue weighted by Gasteiger charge is -2.07. The summed E-state index contributed by atoms with van der Waals surface area (Å²) in [7, 11) is 0. The predicted molar refractivity (Wildman–Crippen MR) is 56.9 cm³/mol. The first-order valence-corrected chi connectivity index (χ1v) is 5.00. The largest absolute Gasteiger partial charge is 0.363 e. The topological polar surface area (TPSA) is 63.0 Å². The third kappa shape index (κ3) is 4.18. The molecule has 1 aromatic rings. The van der Waals surface area contributed by atoms with Crippen molar-refractivity contribution >= 4 is 17.3 Å². The Balaban J connectivity index is 2.06. The van der Waals surface area contributed by atoms with Gasteiger partial charge in [0, 0.05) is 19.5 Å². The van der Waals surface area contributed by atoms with Gasteiger partial charge in [0.25, 0.3) is 0 Å². The minimum atomic E-state index is 0.676. The van der Waals surface area contributed by atoms with Crippen molar-refractivity contribution in [1.29, 1.82) is 0 Å². The van der Waals surface area contributed by atoms with Crippen molar-refractivity contribution in [3.05, 3.63) is 12.2 Å². The average molecular weight is 214 g/mol. The highest BCUT2D eigenvalue weighted by Crippen LogP contribution is 1.87. The summed E-state index contributed by atoms with van der Waals surface area (Å²) in [5.41, 5.74) is 0. The normalized spacial score (nSPS) is 9.79. The molecule has 0 saturated carbocycles. The Morgan fingerprint density at radius 1 is 1.50 bits per heavy atom. The van der Waals surface area contributed by atoms with Gasteiger partial charge >= 0.3 is 0 Å². The molecule has 5 nitrogen and oxygen atoms in total. The van der Waals surface area contributed by atoms with Crippen molar-refractivity contribution in [3.8, 4) is 0 Å². The minimum absolute atomic E-state index is 0.676. The number of rotatable bonds is 5. The van der Waals surface area contributed by atoms with Crippen LogP contribution in [0.15, 0.2) is 10.9 Å². The third-order valence-corrected chi connectivity index (χ3v) is 1.87. The van der Waals surface area contributed by atoms with Gasteiger partial charge in [-0.1, -0.05) is 12.1 Å². The van der Waals surface area contributed by atoms with Crippen LogP contribution in [-0.4, -0.2) is 28.3 Å². The van der Waals surface area contributed by atoms with Crippen LogP contribution in [0.4, 0.5) is 0 Å². The number of nitrogens with zero attached hydrogens (tertiary/aromatic N) is 2.